The van der Waals surface area contributed by atoms with Gasteiger partial charge >= 0.3 is 6.18 Å². The van der Waals surface area contributed by atoms with Gasteiger partial charge in [-0.15, -0.1) is 0 Å². The Morgan fingerprint density at radius 3 is 2.44 bits per heavy atom. The summed E-state index contributed by atoms with van der Waals surface area (Å²) in [5.41, 5.74) is -0.549. The number of nitrogens with zero attached hydrogens (tertiary/aromatic N) is 7. The van der Waals surface area contributed by atoms with Gasteiger partial charge < -0.3 is 4.90 Å². The molecule has 0 aromatic carbocycles. The van der Waals surface area contributed by atoms with Crippen molar-refractivity contribution in [2.24, 2.45) is 5.41 Å². The molecule has 2 saturated heterocycles. The molecule has 0 atom stereocenters. The highest BCUT2D eigenvalue weighted by molar-refractivity contribution is 5.96. The summed E-state index contributed by atoms with van der Waals surface area (Å²) >= 11 is 0. The fraction of sp³-hybridized carbons (Fsp3) is 0.476. The first-order chi connectivity index (χ1) is 16.1. The molecule has 34 heavy (non-hydrogen) atoms. The first kappa shape index (κ1) is 22.4. The zero-order valence-electron chi connectivity index (χ0n) is 17.8. The first-order valence-corrected chi connectivity index (χ1v) is 10.7. The van der Waals surface area contributed by atoms with E-state index in [0.717, 1.165) is 16.9 Å². The van der Waals surface area contributed by atoms with Crippen molar-refractivity contribution in [3.8, 4) is 0 Å². The van der Waals surface area contributed by atoms with E-state index in [0.29, 0.717) is 50.2 Å². The highest BCUT2D eigenvalue weighted by Gasteiger charge is 2.46. The van der Waals surface area contributed by atoms with Crippen LogP contribution in [0.2, 0.25) is 0 Å². The Kier molecular flexibility index (Phi) is 5.36. The molecule has 0 bridgehead atoms. The molecule has 0 unspecified atom stereocenters. The molecule has 2 aliphatic heterocycles. The van der Waals surface area contributed by atoms with Crippen LogP contribution in [0.5, 0.6) is 0 Å². The van der Waals surface area contributed by atoms with Crippen molar-refractivity contribution >= 4 is 28.7 Å². The number of alkyl halides is 5. The van der Waals surface area contributed by atoms with Gasteiger partial charge in [0.2, 0.25) is 5.91 Å². The number of hydrogen-bond acceptors (Lipinski definition) is 6. The van der Waals surface area contributed by atoms with E-state index in [1.165, 1.54) is 23.4 Å². The van der Waals surface area contributed by atoms with Crippen molar-refractivity contribution in [1.29, 1.82) is 0 Å². The minimum Gasteiger partial charge on any atom is -0.357 e. The highest BCUT2D eigenvalue weighted by Crippen LogP contribution is 2.43. The van der Waals surface area contributed by atoms with E-state index >= 15 is 0 Å². The number of hydrogen-bond donors (Lipinski definition) is 0. The number of carbonyl (C=O) groups is 1. The Balaban J connectivity index is 1.29. The van der Waals surface area contributed by atoms with Crippen LogP contribution in [0.3, 0.4) is 0 Å². The second-order valence-electron chi connectivity index (χ2n) is 8.70. The Morgan fingerprint density at radius 2 is 1.79 bits per heavy atom. The summed E-state index contributed by atoms with van der Waals surface area (Å²) in [6, 6.07) is 2.38. The van der Waals surface area contributed by atoms with E-state index in [1.807, 2.05) is 4.90 Å². The molecule has 1 amide bonds. The van der Waals surface area contributed by atoms with E-state index in [4.69, 9.17) is 0 Å². The van der Waals surface area contributed by atoms with Crippen LogP contribution >= 0.6 is 0 Å². The van der Waals surface area contributed by atoms with E-state index in [2.05, 4.69) is 20.1 Å². The normalized spacial score (nSPS) is 18.6. The maximum Gasteiger partial charge on any atom is 0.417 e. The Labute approximate surface area is 190 Å². The van der Waals surface area contributed by atoms with Gasteiger partial charge in [0.25, 0.3) is 6.43 Å². The van der Waals surface area contributed by atoms with Crippen LogP contribution in [0.4, 0.5) is 33.6 Å². The Hall–Kier alpha value is -3.38. The molecular weight excluding hydrogens is 461 g/mol. The molecule has 3 aromatic rings. The zero-order chi connectivity index (χ0) is 24.1. The van der Waals surface area contributed by atoms with E-state index in [9.17, 15) is 26.7 Å². The lowest BCUT2D eigenvalue weighted by molar-refractivity contribution is -0.137. The number of rotatable bonds is 4. The van der Waals surface area contributed by atoms with Gasteiger partial charge in [0.1, 0.15) is 17.9 Å². The molecule has 180 valence electrons. The lowest BCUT2D eigenvalue weighted by Gasteiger charge is -2.39. The fourth-order valence-corrected chi connectivity index (χ4v) is 4.62. The first-order valence-electron chi connectivity index (χ1n) is 10.7. The molecular formula is C21H20F5N7O. The van der Waals surface area contributed by atoms with Gasteiger partial charge in [0.05, 0.1) is 18.0 Å². The summed E-state index contributed by atoms with van der Waals surface area (Å²) in [5, 5.41) is 3.90. The molecule has 13 heteroatoms. The van der Waals surface area contributed by atoms with E-state index in [-0.39, 0.29) is 22.8 Å². The van der Waals surface area contributed by atoms with Gasteiger partial charge in [-0.1, -0.05) is 0 Å². The average molecular weight is 481 g/mol. The van der Waals surface area contributed by atoms with Crippen molar-refractivity contribution in [2.75, 3.05) is 29.4 Å². The topological polar surface area (TPSA) is 80.0 Å². The van der Waals surface area contributed by atoms with Crippen molar-refractivity contribution in [3.05, 3.63) is 36.3 Å². The molecule has 3 aromatic heterocycles. The molecule has 0 aliphatic carbocycles. The molecule has 2 aliphatic rings. The summed E-state index contributed by atoms with van der Waals surface area (Å²) in [6.45, 7) is 0.882. The predicted molar refractivity (Wildman–Crippen MR) is 111 cm³/mol. The Morgan fingerprint density at radius 1 is 1.03 bits per heavy atom. The minimum absolute atomic E-state index is 0.130. The summed E-state index contributed by atoms with van der Waals surface area (Å²) in [7, 11) is 0. The van der Waals surface area contributed by atoms with Crippen LogP contribution in [0, 0.1) is 5.41 Å². The number of halogens is 5. The second-order valence-corrected chi connectivity index (χ2v) is 8.70. The second kappa shape index (κ2) is 8.13. The monoisotopic (exact) mass is 481 g/mol. The lowest BCUT2D eigenvalue weighted by Crippen LogP contribution is -2.42. The largest absolute Gasteiger partial charge is 0.417 e. The standard InChI is InChI=1S/C21H20F5N7O/c22-15(23)11-33-19-14(9-29-33)27-10-17(30-19)32-12-20(7-18(32)34)3-5-31(6-4-20)16-2-1-13(8-28-16)21(24,25)26/h1-2,8-10,15H,3-7,11-12H2. The van der Waals surface area contributed by atoms with Gasteiger partial charge in [-0.3, -0.25) is 9.69 Å². The third-order valence-electron chi connectivity index (χ3n) is 6.46. The van der Waals surface area contributed by atoms with Crippen LogP contribution in [0.15, 0.2) is 30.7 Å². The smallest absolute Gasteiger partial charge is 0.357 e. The number of anilines is 2. The number of fused-ring (bicyclic) bond motifs is 1. The van der Waals surface area contributed by atoms with Gasteiger partial charge in [-0.05, 0) is 25.0 Å². The van der Waals surface area contributed by atoms with Gasteiger partial charge in [-0.25, -0.2) is 28.4 Å². The molecule has 0 radical (unpaired) electrons. The van der Waals surface area contributed by atoms with Crippen molar-refractivity contribution in [3.63, 3.8) is 0 Å². The molecule has 0 saturated carbocycles. The summed E-state index contributed by atoms with van der Waals surface area (Å²) in [4.78, 5) is 28.9. The molecule has 2 fully saturated rings. The number of piperidine rings is 1. The molecule has 5 rings (SSSR count). The fourth-order valence-electron chi connectivity index (χ4n) is 4.62. The zero-order valence-corrected chi connectivity index (χ0v) is 17.8. The molecule has 0 N–H and O–H groups in total. The summed E-state index contributed by atoms with van der Waals surface area (Å²) in [5.74, 6) is 0.625. The lowest BCUT2D eigenvalue weighted by atomic mass is 9.77. The molecule has 5 heterocycles. The minimum atomic E-state index is -4.44. The maximum atomic E-state index is 12.9. The number of amides is 1. The van der Waals surface area contributed by atoms with Crippen LogP contribution < -0.4 is 9.80 Å². The van der Waals surface area contributed by atoms with Gasteiger partial charge in [0, 0.05) is 37.7 Å². The number of carbonyl (C=O) groups excluding carboxylic acids is 1. The Bertz CT molecular complexity index is 1200. The summed E-state index contributed by atoms with van der Waals surface area (Å²) < 4.78 is 65.1. The van der Waals surface area contributed by atoms with Crippen molar-refractivity contribution in [2.45, 2.75) is 38.4 Å². The van der Waals surface area contributed by atoms with E-state index < -0.39 is 24.7 Å². The molecule has 8 nitrogen and oxygen atoms in total. The summed E-state index contributed by atoms with van der Waals surface area (Å²) in [6.07, 6.45) is -1.82. The average Bonchev–Trinajstić information content (AvgIpc) is 3.33. The van der Waals surface area contributed by atoms with Crippen LogP contribution in [-0.4, -0.2) is 56.7 Å². The number of aromatic nitrogens is 5. The van der Waals surface area contributed by atoms with Crippen molar-refractivity contribution in [1.82, 2.24) is 24.7 Å². The third-order valence-corrected chi connectivity index (χ3v) is 6.46. The quantitative estimate of drug-likeness (QED) is 0.531. The van der Waals surface area contributed by atoms with Gasteiger partial charge in [-0.2, -0.15) is 18.3 Å². The van der Waals surface area contributed by atoms with Crippen LogP contribution in [0.25, 0.3) is 11.2 Å². The number of pyridine rings is 1. The van der Waals surface area contributed by atoms with Crippen molar-refractivity contribution < 1.29 is 26.7 Å². The van der Waals surface area contributed by atoms with Crippen LogP contribution in [0.1, 0.15) is 24.8 Å². The van der Waals surface area contributed by atoms with Crippen LogP contribution in [-0.2, 0) is 17.5 Å². The van der Waals surface area contributed by atoms with E-state index in [1.54, 1.807) is 0 Å². The third kappa shape index (κ3) is 4.14. The highest BCUT2D eigenvalue weighted by atomic mass is 19.4. The maximum absolute atomic E-state index is 12.9. The van der Waals surface area contributed by atoms with Gasteiger partial charge in [0.15, 0.2) is 11.5 Å². The molecule has 1 spiro atoms. The SMILES string of the molecule is O=C1CC2(CCN(c3ccc(C(F)(F)F)cn3)CC2)CN1c1cnc2cnn(CC(F)F)c2n1. The predicted octanol–water partition coefficient (Wildman–Crippen LogP) is 3.53.